The van der Waals surface area contributed by atoms with Crippen molar-refractivity contribution >= 4 is 0 Å². The van der Waals surface area contributed by atoms with E-state index in [1.807, 2.05) is 0 Å². The van der Waals surface area contributed by atoms with Crippen LogP contribution in [0.1, 0.15) is 72.1 Å². The van der Waals surface area contributed by atoms with Crippen molar-refractivity contribution in [1.29, 1.82) is 0 Å². The van der Waals surface area contributed by atoms with E-state index >= 15 is 0 Å². The molecule has 1 rings (SSSR count). The molecule has 0 radical (unpaired) electrons. The minimum absolute atomic E-state index is 0.903. The first-order chi connectivity index (χ1) is 6.72. The number of hydrogen-bond acceptors (Lipinski definition) is 0. The molecule has 0 saturated heterocycles. The van der Waals surface area contributed by atoms with E-state index in [1.54, 1.807) is 0 Å². The van der Waals surface area contributed by atoms with Gasteiger partial charge in [0.2, 0.25) is 0 Å². The van der Waals surface area contributed by atoms with Gasteiger partial charge in [-0.1, -0.05) is 72.1 Å². The Morgan fingerprint density at radius 2 is 1.64 bits per heavy atom. The highest BCUT2D eigenvalue weighted by Gasteiger charge is 2.17. The molecular weight excluding hydrogens is 168 g/mol. The first kappa shape index (κ1) is 12.1. The Morgan fingerprint density at radius 1 is 1.00 bits per heavy atom. The van der Waals surface area contributed by atoms with Gasteiger partial charge in [-0.2, -0.15) is 0 Å². The number of rotatable bonds is 4. The first-order valence-electron chi connectivity index (χ1n) is 6.72. The maximum Gasteiger partial charge on any atom is -0.0414 e. The molecule has 1 fully saturated rings. The summed E-state index contributed by atoms with van der Waals surface area (Å²) in [5.74, 6) is 3.02. The molecule has 84 valence electrons. The van der Waals surface area contributed by atoms with Crippen LogP contribution in [0.3, 0.4) is 0 Å². The fourth-order valence-electron chi connectivity index (χ4n) is 2.72. The lowest BCUT2D eigenvalue weighted by atomic mass is 9.91. The van der Waals surface area contributed by atoms with Gasteiger partial charge in [0, 0.05) is 0 Å². The van der Waals surface area contributed by atoms with Crippen LogP contribution in [0.5, 0.6) is 0 Å². The molecular formula is C14H28. The van der Waals surface area contributed by atoms with E-state index in [0.29, 0.717) is 0 Å². The molecule has 0 heteroatoms. The van der Waals surface area contributed by atoms with Gasteiger partial charge < -0.3 is 0 Å². The first-order valence-corrected chi connectivity index (χ1v) is 6.72. The lowest BCUT2D eigenvalue weighted by Crippen LogP contribution is -2.01. The van der Waals surface area contributed by atoms with Gasteiger partial charge in [0.25, 0.3) is 0 Å². The Morgan fingerprint density at radius 3 is 2.29 bits per heavy atom. The fraction of sp³-hybridized carbons (Fsp3) is 1.00. The van der Waals surface area contributed by atoms with Crippen LogP contribution in [0.4, 0.5) is 0 Å². The molecule has 0 amide bonds. The molecule has 0 aromatic carbocycles. The number of hydrogen-bond donors (Lipinski definition) is 0. The average molecular weight is 196 g/mol. The zero-order chi connectivity index (χ0) is 10.4. The van der Waals surface area contributed by atoms with Crippen molar-refractivity contribution in [1.82, 2.24) is 0 Å². The predicted molar refractivity (Wildman–Crippen MR) is 64.4 cm³/mol. The Labute approximate surface area is 90.5 Å². The zero-order valence-corrected chi connectivity index (χ0v) is 10.4. The van der Waals surface area contributed by atoms with Crippen LogP contribution in [0.25, 0.3) is 0 Å². The summed E-state index contributed by atoms with van der Waals surface area (Å²) in [6, 6.07) is 0. The Bertz CT molecular complexity index is 137. The normalized spacial score (nSPS) is 29.1. The second kappa shape index (κ2) is 6.48. The third-order valence-corrected chi connectivity index (χ3v) is 3.94. The van der Waals surface area contributed by atoms with Crippen molar-refractivity contribution in [3.05, 3.63) is 0 Å². The summed E-state index contributed by atoms with van der Waals surface area (Å²) < 4.78 is 0. The Kier molecular flexibility index (Phi) is 5.59. The lowest BCUT2D eigenvalue weighted by Gasteiger charge is -2.15. The molecule has 1 saturated carbocycles. The van der Waals surface area contributed by atoms with E-state index < -0.39 is 0 Å². The van der Waals surface area contributed by atoms with Crippen LogP contribution < -0.4 is 0 Å². The van der Waals surface area contributed by atoms with Gasteiger partial charge in [-0.05, 0) is 17.8 Å². The van der Waals surface area contributed by atoms with E-state index in [-0.39, 0.29) is 0 Å². The maximum atomic E-state index is 2.36. The summed E-state index contributed by atoms with van der Waals surface area (Å²) in [6.07, 6.45) is 11.9. The topological polar surface area (TPSA) is 0 Å². The molecule has 2 atom stereocenters. The Balaban J connectivity index is 2.20. The molecule has 0 aromatic heterocycles. The van der Waals surface area contributed by atoms with Crippen molar-refractivity contribution in [3.8, 4) is 0 Å². The van der Waals surface area contributed by atoms with Crippen molar-refractivity contribution in [2.24, 2.45) is 17.8 Å². The summed E-state index contributed by atoms with van der Waals surface area (Å²) in [7, 11) is 0. The van der Waals surface area contributed by atoms with Crippen LogP contribution in [0.2, 0.25) is 0 Å². The lowest BCUT2D eigenvalue weighted by molar-refractivity contribution is 0.374. The average Bonchev–Trinajstić information content (AvgIpc) is 2.39. The minimum Gasteiger partial charge on any atom is -0.0651 e. The molecule has 0 heterocycles. The summed E-state index contributed by atoms with van der Waals surface area (Å²) in [6.45, 7) is 7.07. The molecule has 0 aromatic rings. The highest BCUT2D eigenvalue weighted by Crippen LogP contribution is 2.31. The molecule has 1 aliphatic rings. The van der Waals surface area contributed by atoms with Gasteiger partial charge in [0.05, 0.1) is 0 Å². The van der Waals surface area contributed by atoms with Crippen LogP contribution >= 0.6 is 0 Å². The quantitative estimate of drug-likeness (QED) is 0.553. The van der Waals surface area contributed by atoms with Crippen molar-refractivity contribution in [2.75, 3.05) is 0 Å². The molecule has 1 aliphatic carbocycles. The van der Waals surface area contributed by atoms with Crippen molar-refractivity contribution in [2.45, 2.75) is 72.1 Å². The van der Waals surface area contributed by atoms with E-state index in [1.165, 1.54) is 51.4 Å². The molecule has 0 spiro atoms. The zero-order valence-electron chi connectivity index (χ0n) is 10.4. The SMILES string of the molecule is CCC1CCCC(CCC(C)C)CC1. The van der Waals surface area contributed by atoms with E-state index in [0.717, 1.165) is 17.8 Å². The molecule has 0 nitrogen and oxygen atoms in total. The highest BCUT2D eigenvalue weighted by atomic mass is 14.2. The third kappa shape index (κ3) is 4.48. The fourth-order valence-corrected chi connectivity index (χ4v) is 2.72. The predicted octanol–water partition coefficient (Wildman–Crippen LogP) is 5.03. The van der Waals surface area contributed by atoms with Crippen LogP contribution in [0.15, 0.2) is 0 Å². The monoisotopic (exact) mass is 196 g/mol. The summed E-state index contributed by atoms with van der Waals surface area (Å²) in [4.78, 5) is 0. The summed E-state index contributed by atoms with van der Waals surface area (Å²) in [5.41, 5.74) is 0. The van der Waals surface area contributed by atoms with Crippen molar-refractivity contribution in [3.63, 3.8) is 0 Å². The summed E-state index contributed by atoms with van der Waals surface area (Å²) >= 11 is 0. The van der Waals surface area contributed by atoms with Gasteiger partial charge in [-0.3, -0.25) is 0 Å². The van der Waals surface area contributed by atoms with E-state index in [4.69, 9.17) is 0 Å². The standard InChI is InChI=1S/C14H28/c1-4-13-6-5-7-14(11-10-13)9-8-12(2)3/h12-14H,4-11H2,1-3H3. The third-order valence-electron chi connectivity index (χ3n) is 3.94. The van der Waals surface area contributed by atoms with Gasteiger partial charge >= 0.3 is 0 Å². The molecule has 2 unspecified atom stereocenters. The second-order valence-electron chi connectivity index (χ2n) is 5.62. The molecule has 0 N–H and O–H groups in total. The molecule has 0 aliphatic heterocycles. The van der Waals surface area contributed by atoms with Gasteiger partial charge in [-0.25, -0.2) is 0 Å². The van der Waals surface area contributed by atoms with Crippen LogP contribution in [-0.2, 0) is 0 Å². The molecule has 14 heavy (non-hydrogen) atoms. The summed E-state index contributed by atoms with van der Waals surface area (Å²) in [5, 5.41) is 0. The van der Waals surface area contributed by atoms with Gasteiger partial charge in [0.15, 0.2) is 0 Å². The van der Waals surface area contributed by atoms with E-state index in [9.17, 15) is 0 Å². The maximum absolute atomic E-state index is 2.36. The van der Waals surface area contributed by atoms with Gasteiger partial charge in [0.1, 0.15) is 0 Å². The van der Waals surface area contributed by atoms with E-state index in [2.05, 4.69) is 20.8 Å². The second-order valence-corrected chi connectivity index (χ2v) is 5.62. The molecule has 0 bridgehead atoms. The smallest absolute Gasteiger partial charge is 0.0414 e. The highest BCUT2D eigenvalue weighted by molar-refractivity contribution is 4.70. The van der Waals surface area contributed by atoms with Crippen LogP contribution in [-0.4, -0.2) is 0 Å². The van der Waals surface area contributed by atoms with Gasteiger partial charge in [-0.15, -0.1) is 0 Å². The Hall–Kier alpha value is 0. The van der Waals surface area contributed by atoms with Crippen molar-refractivity contribution < 1.29 is 0 Å². The largest absolute Gasteiger partial charge is 0.0651 e. The van der Waals surface area contributed by atoms with Crippen LogP contribution in [0, 0.1) is 17.8 Å². The minimum atomic E-state index is 0.903.